The van der Waals surface area contributed by atoms with E-state index in [1.54, 1.807) is 0 Å². The van der Waals surface area contributed by atoms with Gasteiger partial charge in [-0.2, -0.15) is 0 Å². The van der Waals surface area contributed by atoms with Crippen LogP contribution in [0.25, 0.3) is 10.8 Å². The maximum atomic E-state index is 8.74. The quantitative estimate of drug-likeness (QED) is 0.771. The fourth-order valence-corrected chi connectivity index (χ4v) is 1.79. The van der Waals surface area contributed by atoms with Gasteiger partial charge in [-0.05, 0) is 30.7 Å². The van der Waals surface area contributed by atoms with Gasteiger partial charge in [0.25, 0.3) is 0 Å². The lowest BCUT2D eigenvalue weighted by Crippen LogP contribution is -1.93. The van der Waals surface area contributed by atoms with Crippen LogP contribution < -0.4 is 0 Å². The van der Waals surface area contributed by atoms with Crippen molar-refractivity contribution >= 4 is 10.8 Å². The first-order chi connectivity index (χ1) is 7.42. The van der Waals surface area contributed by atoms with E-state index in [-0.39, 0.29) is 6.61 Å². The van der Waals surface area contributed by atoms with Crippen LogP contribution in [0.4, 0.5) is 0 Å². The number of pyridine rings is 1. The molecule has 2 nitrogen and oxygen atoms in total. The molecule has 78 valence electrons. The van der Waals surface area contributed by atoms with Crippen molar-refractivity contribution in [3.8, 4) is 0 Å². The Bertz CT molecular complexity index is 434. The van der Waals surface area contributed by atoms with E-state index in [2.05, 4.69) is 17.1 Å². The first-order valence-corrected chi connectivity index (χ1v) is 5.35. The van der Waals surface area contributed by atoms with Crippen LogP contribution in [-0.4, -0.2) is 16.7 Å². The Morgan fingerprint density at radius 3 is 2.80 bits per heavy atom. The summed E-state index contributed by atoms with van der Waals surface area (Å²) >= 11 is 0. The third kappa shape index (κ3) is 2.34. The van der Waals surface area contributed by atoms with Crippen molar-refractivity contribution < 1.29 is 5.11 Å². The van der Waals surface area contributed by atoms with Gasteiger partial charge < -0.3 is 5.11 Å². The Hall–Kier alpha value is -1.41. The highest BCUT2D eigenvalue weighted by atomic mass is 16.2. The molecule has 0 amide bonds. The SMILES string of the molecule is OCCCCc1nccc2ccccc12. The fraction of sp³-hybridized carbons (Fsp3) is 0.308. The number of hydrogen-bond acceptors (Lipinski definition) is 2. The van der Waals surface area contributed by atoms with Crippen molar-refractivity contribution in [1.82, 2.24) is 4.98 Å². The number of nitrogens with zero attached hydrogens (tertiary/aromatic N) is 1. The highest BCUT2D eigenvalue weighted by Gasteiger charge is 2.00. The second-order valence-electron chi connectivity index (χ2n) is 3.66. The molecule has 2 aromatic rings. The summed E-state index contributed by atoms with van der Waals surface area (Å²) in [6.07, 6.45) is 4.65. The van der Waals surface area contributed by atoms with Gasteiger partial charge in [-0.1, -0.05) is 24.3 Å². The van der Waals surface area contributed by atoms with Crippen LogP contribution in [-0.2, 0) is 6.42 Å². The van der Waals surface area contributed by atoms with Crippen LogP contribution in [0.15, 0.2) is 36.5 Å². The van der Waals surface area contributed by atoms with Crippen LogP contribution in [0.5, 0.6) is 0 Å². The highest BCUT2D eigenvalue weighted by Crippen LogP contribution is 2.17. The fourth-order valence-electron chi connectivity index (χ4n) is 1.79. The van der Waals surface area contributed by atoms with Gasteiger partial charge in [0.15, 0.2) is 0 Å². The Labute approximate surface area is 89.6 Å². The molecule has 1 heterocycles. The first-order valence-electron chi connectivity index (χ1n) is 5.35. The van der Waals surface area contributed by atoms with Crippen molar-refractivity contribution in [2.24, 2.45) is 0 Å². The lowest BCUT2D eigenvalue weighted by atomic mass is 10.1. The van der Waals surface area contributed by atoms with Crippen molar-refractivity contribution in [3.63, 3.8) is 0 Å². The third-order valence-electron chi connectivity index (χ3n) is 2.58. The minimum atomic E-state index is 0.269. The molecular formula is C13H15NO. The predicted octanol–water partition coefficient (Wildman–Crippen LogP) is 2.55. The van der Waals surface area contributed by atoms with Gasteiger partial charge in [0, 0.05) is 23.9 Å². The number of fused-ring (bicyclic) bond motifs is 1. The number of hydrogen-bond donors (Lipinski definition) is 1. The van der Waals surface area contributed by atoms with E-state index in [1.807, 2.05) is 24.4 Å². The Morgan fingerprint density at radius 2 is 1.93 bits per heavy atom. The van der Waals surface area contributed by atoms with Gasteiger partial charge in [0.05, 0.1) is 0 Å². The molecule has 0 saturated carbocycles. The summed E-state index contributed by atoms with van der Waals surface area (Å²) in [5.41, 5.74) is 1.14. The molecule has 0 saturated heterocycles. The molecule has 2 heteroatoms. The van der Waals surface area contributed by atoms with Crippen LogP contribution >= 0.6 is 0 Å². The highest BCUT2D eigenvalue weighted by molar-refractivity contribution is 5.84. The standard InChI is InChI=1S/C13H15NO/c15-10-4-3-7-13-12-6-2-1-5-11(12)8-9-14-13/h1-2,5-6,8-9,15H,3-4,7,10H2. The number of rotatable bonds is 4. The van der Waals surface area contributed by atoms with Crippen LogP contribution in [0, 0.1) is 0 Å². The van der Waals surface area contributed by atoms with Crippen molar-refractivity contribution in [2.75, 3.05) is 6.61 Å². The van der Waals surface area contributed by atoms with Crippen LogP contribution in [0.3, 0.4) is 0 Å². The molecule has 0 spiro atoms. The molecule has 0 atom stereocenters. The smallest absolute Gasteiger partial charge is 0.0481 e. The molecule has 0 bridgehead atoms. The zero-order valence-electron chi connectivity index (χ0n) is 8.69. The molecule has 15 heavy (non-hydrogen) atoms. The molecular weight excluding hydrogens is 186 g/mol. The molecule has 1 aromatic heterocycles. The Balaban J connectivity index is 2.26. The van der Waals surface area contributed by atoms with Gasteiger partial charge in [-0.15, -0.1) is 0 Å². The average Bonchev–Trinajstić information content (AvgIpc) is 2.30. The van der Waals surface area contributed by atoms with Crippen molar-refractivity contribution in [1.29, 1.82) is 0 Å². The van der Waals surface area contributed by atoms with Crippen molar-refractivity contribution in [3.05, 3.63) is 42.2 Å². The van der Waals surface area contributed by atoms with E-state index in [4.69, 9.17) is 5.11 Å². The second kappa shape index (κ2) is 4.89. The summed E-state index contributed by atoms with van der Waals surface area (Å²) < 4.78 is 0. The molecule has 0 unspecified atom stereocenters. The molecule has 0 aliphatic carbocycles. The summed E-state index contributed by atoms with van der Waals surface area (Å²) in [6, 6.07) is 10.3. The Kier molecular flexibility index (Phi) is 3.30. The van der Waals surface area contributed by atoms with Gasteiger partial charge in [-0.3, -0.25) is 4.98 Å². The largest absolute Gasteiger partial charge is 0.396 e. The summed E-state index contributed by atoms with van der Waals surface area (Å²) in [6.45, 7) is 0.269. The van der Waals surface area contributed by atoms with Crippen molar-refractivity contribution in [2.45, 2.75) is 19.3 Å². The predicted molar refractivity (Wildman–Crippen MR) is 61.8 cm³/mol. The van der Waals surface area contributed by atoms with E-state index in [1.165, 1.54) is 10.8 Å². The minimum Gasteiger partial charge on any atom is -0.396 e. The normalized spacial score (nSPS) is 10.7. The first kappa shape index (κ1) is 10.1. The molecule has 0 radical (unpaired) electrons. The van der Waals surface area contributed by atoms with Gasteiger partial charge in [0.2, 0.25) is 0 Å². The maximum Gasteiger partial charge on any atom is 0.0481 e. The molecule has 0 aliphatic heterocycles. The summed E-state index contributed by atoms with van der Waals surface area (Å²) in [5.74, 6) is 0. The molecule has 1 N–H and O–H groups in total. The van der Waals surface area contributed by atoms with E-state index < -0.39 is 0 Å². The third-order valence-corrected chi connectivity index (χ3v) is 2.58. The maximum absolute atomic E-state index is 8.74. The molecule has 0 fully saturated rings. The molecule has 1 aromatic carbocycles. The summed E-state index contributed by atoms with van der Waals surface area (Å²) in [5, 5.41) is 11.2. The monoisotopic (exact) mass is 201 g/mol. The van der Waals surface area contributed by atoms with Gasteiger partial charge in [-0.25, -0.2) is 0 Å². The van der Waals surface area contributed by atoms with Gasteiger partial charge >= 0.3 is 0 Å². The van der Waals surface area contributed by atoms with Gasteiger partial charge in [0.1, 0.15) is 0 Å². The number of unbranched alkanes of at least 4 members (excludes halogenated alkanes) is 1. The lowest BCUT2D eigenvalue weighted by molar-refractivity contribution is 0.284. The molecule has 2 rings (SSSR count). The summed E-state index contributed by atoms with van der Waals surface area (Å²) in [4.78, 5) is 4.40. The minimum absolute atomic E-state index is 0.269. The number of aliphatic hydroxyl groups is 1. The Morgan fingerprint density at radius 1 is 1.07 bits per heavy atom. The average molecular weight is 201 g/mol. The lowest BCUT2D eigenvalue weighted by Gasteiger charge is -2.04. The zero-order chi connectivity index (χ0) is 10.5. The second-order valence-corrected chi connectivity index (χ2v) is 3.66. The summed E-state index contributed by atoms with van der Waals surface area (Å²) in [7, 11) is 0. The number of aliphatic hydroxyl groups excluding tert-OH is 1. The molecule has 0 aliphatic rings. The van der Waals surface area contributed by atoms with E-state index in [0.29, 0.717) is 0 Å². The topological polar surface area (TPSA) is 33.1 Å². The number of benzene rings is 1. The number of aromatic nitrogens is 1. The zero-order valence-corrected chi connectivity index (χ0v) is 8.69. The van der Waals surface area contributed by atoms with E-state index in [0.717, 1.165) is 25.0 Å². The van der Waals surface area contributed by atoms with E-state index in [9.17, 15) is 0 Å². The van der Waals surface area contributed by atoms with Crippen LogP contribution in [0.1, 0.15) is 18.5 Å². The van der Waals surface area contributed by atoms with Crippen LogP contribution in [0.2, 0.25) is 0 Å². The van der Waals surface area contributed by atoms with E-state index >= 15 is 0 Å². The number of aryl methyl sites for hydroxylation is 1.